The lowest BCUT2D eigenvalue weighted by Gasteiger charge is -2.17. The molecule has 2 aromatic carbocycles. The lowest BCUT2D eigenvalue weighted by atomic mass is 10.0. The Hall–Kier alpha value is -3.01. The number of benzene rings is 2. The molecular weight excluding hydrogens is 327 g/mol. The van der Waals surface area contributed by atoms with Gasteiger partial charge in [-0.05, 0) is 47.4 Å². The van der Waals surface area contributed by atoms with E-state index in [0.29, 0.717) is 18.7 Å². The summed E-state index contributed by atoms with van der Waals surface area (Å²) in [4.78, 5) is 18.9. The zero-order valence-corrected chi connectivity index (χ0v) is 14.3. The molecule has 26 heavy (non-hydrogen) atoms. The molecule has 3 aromatic rings. The first-order valence-corrected chi connectivity index (χ1v) is 8.76. The number of amides is 1. The fourth-order valence-electron chi connectivity index (χ4n) is 3.53. The fraction of sp³-hybridized carbons (Fsp3) is 0.182. The van der Waals surface area contributed by atoms with E-state index in [1.54, 1.807) is 17.2 Å². The van der Waals surface area contributed by atoms with Gasteiger partial charge >= 0.3 is 0 Å². The second-order valence-electron chi connectivity index (χ2n) is 6.62. The SMILES string of the molecule is O=C(c1cc(F)cc(-c2ccccc2)c1)N1CCC(c2cccnc2)C1. The summed E-state index contributed by atoms with van der Waals surface area (Å²) in [6.07, 6.45) is 4.51. The lowest BCUT2D eigenvalue weighted by Crippen LogP contribution is -2.28. The summed E-state index contributed by atoms with van der Waals surface area (Å²) in [6.45, 7) is 1.32. The van der Waals surface area contributed by atoms with Gasteiger partial charge in [0.15, 0.2) is 0 Å². The Kier molecular flexibility index (Phi) is 4.48. The van der Waals surface area contributed by atoms with Crippen LogP contribution in [-0.2, 0) is 0 Å². The minimum absolute atomic E-state index is 0.118. The average Bonchev–Trinajstić information content (AvgIpc) is 3.18. The van der Waals surface area contributed by atoms with E-state index in [9.17, 15) is 9.18 Å². The van der Waals surface area contributed by atoms with E-state index in [1.165, 1.54) is 12.1 Å². The molecule has 1 unspecified atom stereocenters. The monoisotopic (exact) mass is 346 g/mol. The Morgan fingerprint density at radius 2 is 1.88 bits per heavy atom. The molecule has 0 aliphatic carbocycles. The lowest BCUT2D eigenvalue weighted by molar-refractivity contribution is 0.0790. The largest absolute Gasteiger partial charge is 0.338 e. The van der Waals surface area contributed by atoms with Crippen LogP contribution in [-0.4, -0.2) is 28.9 Å². The Morgan fingerprint density at radius 3 is 2.65 bits per heavy atom. The van der Waals surface area contributed by atoms with Gasteiger partial charge in [0.1, 0.15) is 5.82 Å². The maximum atomic E-state index is 14.1. The average molecular weight is 346 g/mol. The van der Waals surface area contributed by atoms with Gasteiger partial charge in [-0.1, -0.05) is 36.4 Å². The van der Waals surface area contributed by atoms with Crippen molar-refractivity contribution in [3.63, 3.8) is 0 Å². The van der Waals surface area contributed by atoms with Gasteiger partial charge in [0.2, 0.25) is 0 Å². The number of likely N-dealkylation sites (tertiary alicyclic amines) is 1. The highest BCUT2D eigenvalue weighted by atomic mass is 19.1. The Morgan fingerprint density at radius 1 is 1.04 bits per heavy atom. The third kappa shape index (κ3) is 3.36. The first-order valence-electron chi connectivity index (χ1n) is 8.76. The summed E-state index contributed by atoms with van der Waals surface area (Å²) in [5, 5.41) is 0. The number of halogens is 1. The number of aromatic nitrogens is 1. The number of carbonyl (C=O) groups excluding carboxylic acids is 1. The molecule has 2 heterocycles. The van der Waals surface area contributed by atoms with E-state index < -0.39 is 5.82 Å². The third-order valence-corrected chi connectivity index (χ3v) is 4.88. The maximum absolute atomic E-state index is 14.1. The normalized spacial score (nSPS) is 16.7. The minimum atomic E-state index is -0.391. The molecule has 0 spiro atoms. The summed E-state index contributed by atoms with van der Waals surface area (Å²) in [7, 11) is 0. The molecule has 0 bridgehead atoms. The molecule has 0 saturated carbocycles. The van der Waals surface area contributed by atoms with Crippen molar-refractivity contribution in [2.75, 3.05) is 13.1 Å². The van der Waals surface area contributed by atoms with Crippen molar-refractivity contribution >= 4 is 5.91 Å². The van der Waals surface area contributed by atoms with Crippen molar-refractivity contribution in [1.82, 2.24) is 9.88 Å². The molecule has 0 radical (unpaired) electrons. The van der Waals surface area contributed by atoms with E-state index >= 15 is 0 Å². The van der Waals surface area contributed by atoms with Crippen LogP contribution in [0, 0.1) is 5.82 Å². The first-order chi connectivity index (χ1) is 12.7. The predicted molar refractivity (Wildman–Crippen MR) is 99.3 cm³/mol. The summed E-state index contributed by atoms with van der Waals surface area (Å²) < 4.78 is 14.1. The molecule has 0 N–H and O–H groups in total. The Labute approximate surface area is 152 Å². The van der Waals surface area contributed by atoms with Gasteiger partial charge in [0, 0.05) is 37.0 Å². The van der Waals surface area contributed by atoms with Gasteiger partial charge in [-0.15, -0.1) is 0 Å². The number of carbonyl (C=O) groups is 1. The number of hydrogen-bond donors (Lipinski definition) is 0. The number of hydrogen-bond acceptors (Lipinski definition) is 2. The van der Waals surface area contributed by atoms with Crippen LogP contribution >= 0.6 is 0 Å². The van der Waals surface area contributed by atoms with Crippen molar-refractivity contribution in [1.29, 1.82) is 0 Å². The van der Waals surface area contributed by atoms with Crippen LogP contribution in [0.2, 0.25) is 0 Å². The van der Waals surface area contributed by atoms with Crippen molar-refractivity contribution in [3.05, 3.63) is 90.0 Å². The zero-order chi connectivity index (χ0) is 17.9. The molecule has 1 aliphatic rings. The van der Waals surface area contributed by atoms with Gasteiger partial charge in [0.25, 0.3) is 5.91 Å². The number of rotatable bonds is 3. The molecule has 4 heteroatoms. The topological polar surface area (TPSA) is 33.2 Å². The highest BCUT2D eigenvalue weighted by Crippen LogP contribution is 2.29. The quantitative estimate of drug-likeness (QED) is 0.699. The smallest absolute Gasteiger partial charge is 0.253 e. The van der Waals surface area contributed by atoms with Gasteiger partial charge in [-0.3, -0.25) is 9.78 Å². The van der Waals surface area contributed by atoms with Gasteiger partial charge in [0.05, 0.1) is 0 Å². The predicted octanol–water partition coefficient (Wildman–Crippen LogP) is 4.52. The third-order valence-electron chi connectivity index (χ3n) is 4.88. The Balaban J connectivity index is 1.56. The van der Waals surface area contributed by atoms with Crippen LogP contribution < -0.4 is 0 Å². The molecule has 1 aliphatic heterocycles. The Bertz CT molecular complexity index is 912. The van der Waals surface area contributed by atoms with Crippen LogP contribution in [0.15, 0.2) is 73.1 Å². The van der Waals surface area contributed by atoms with Crippen molar-refractivity contribution < 1.29 is 9.18 Å². The minimum Gasteiger partial charge on any atom is -0.338 e. The summed E-state index contributed by atoms with van der Waals surface area (Å²) in [5.74, 6) is -0.222. The van der Waals surface area contributed by atoms with E-state index in [0.717, 1.165) is 23.1 Å². The van der Waals surface area contributed by atoms with Gasteiger partial charge in [-0.2, -0.15) is 0 Å². The molecule has 130 valence electrons. The van der Waals surface area contributed by atoms with Crippen LogP contribution in [0.3, 0.4) is 0 Å². The standard InChI is InChI=1S/C22H19FN2O/c23-21-12-19(16-5-2-1-3-6-16)11-20(13-21)22(26)25-10-8-18(15-25)17-7-4-9-24-14-17/h1-7,9,11-14,18H,8,10,15H2. The summed E-state index contributed by atoms with van der Waals surface area (Å²) in [5.41, 5.74) is 3.16. The number of nitrogens with zero attached hydrogens (tertiary/aromatic N) is 2. The molecular formula is C22H19FN2O. The van der Waals surface area contributed by atoms with E-state index in [4.69, 9.17) is 0 Å². The van der Waals surface area contributed by atoms with Crippen LogP contribution in [0.4, 0.5) is 4.39 Å². The van der Waals surface area contributed by atoms with E-state index in [-0.39, 0.29) is 11.8 Å². The van der Waals surface area contributed by atoms with Crippen LogP contribution in [0.25, 0.3) is 11.1 Å². The highest BCUT2D eigenvalue weighted by molar-refractivity contribution is 5.95. The molecule has 1 fully saturated rings. The van der Waals surface area contributed by atoms with Crippen molar-refractivity contribution in [2.24, 2.45) is 0 Å². The molecule has 1 saturated heterocycles. The van der Waals surface area contributed by atoms with Crippen molar-refractivity contribution in [2.45, 2.75) is 12.3 Å². The van der Waals surface area contributed by atoms with E-state index in [2.05, 4.69) is 4.98 Å². The highest BCUT2D eigenvalue weighted by Gasteiger charge is 2.28. The van der Waals surface area contributed by atoms with Gasteiger partial charge in [-0.25, -0.2) is 4.39 Å². The first kappa shape index (κ1) is 16.5. The van der Waals surface area contributed by atoms with Gasteiger partial charge < -0.3 is 4.90 Å². The zero-order valence-electron chi connectivity index (χ0n) is 14.3. The number of pyridine rings is 1. The summed E-state index contributed by atoms with van der Waals surface area (Å²) in [6, 6.07) is 18.1. The second-order valence-corrected chi connectivity index (χ2v) is 6.62. The van der Waals surface area contributed by atoms with E-state index in [1.807, 2.05) is 48.7 Å². The van der Waals surface area contributed by atoms with Crippen molar-refractivity contribution in [3.8, 4) is 11.1 Å². The second kappa shape index (κ2) is 7.08. The molecule has 1 aromatic heterocycles. The fourth-order valence-corrected chi connectivity index (χ4v) is 3.53. The van der Waals surface area contributed by atoms with Crippen LogP contribution in [0.5, 0.6) is 0 Å². The molecule has 1 atom stereocenters. The summed E-state index contributed by atoms with van der Waals surface area (Å²) >= 11 is 0. The maximum Gasteiger partial charge on any atom is 0.253 e. The molecule has 4 rings (SSSR count). The molecule has 3 nitrogen and oxygen atoms in total. The van der Waals surface area contributed by atoms with Crippen LogP contribution in [0.1, 0.15) is 28.3 Å². The molecule has 1 amide bonds.